The molecule has 0 saturated carbocycles. The lowest BCUT2D eigenvalue weighted by atomic mass is 9.91. The first kappa shape index (κ1) is 16.7. The minimum Gasteiger partial charge on any atom is -0.347 e. The fourth-order valence-corrected chi connectivity index (χ4v) is 4.65. The van der Waals surface area contributed by atoms with E-state index < -0.39 is 0 Å². The number of rotatable bonds is 3. The van der Waals surface area contributed by atoms with Crippen LogP contribution in [0.15, 0.2) is 48.9 Å². The predicted octanol–water partition coefficient (Wildman–Crippen LogP) is 3.17. The lowest BCUT2D eigenvalue weighted by Crippen LogP contribution is -2.57. The zero-order chi connectivity index (χ0) is 18.2. The number of piperidine rings is 1. The van der Waals surface area contributed by atoms with Crippen LogP contribution in [-0.4, -0.2) is 51.7 Å². The Morgan fingerprint density at radius 1 is 1.04 bits per heavy atom. The second kappa shape index (κ2) is 6.93. The Balaban J connectivity index is 1.24. The van der Waals surface area contributed by atoms with Gasteiger partial charge in [-0.3, -0.25) is 4.90 Å². The van der Waals surface area contributed by atoms with Crippen molar-refractivity contribution in [2.24, 2.45) is 5.92 Å². The van der Waals surface area contributed by atoms with Gasteiger partial charge in [0.1, 0.15) is 5.82 Å². The fraction of sp³-hybridized carbons (Fsp3) is 0.429. The summed E-state index contributed by atoms with van der Waals surface area (Å²) >= 11 is 0. The summed E-state index contributed by atoms with van der Waals surface area (Å²) in [7, 11) is 0. The van der Waals surface area contributed by atoms with E-state index in [-0.39, 0.29) is 5.82 Å². The highest BCUT2D eigenvalue weighted by Crippen LogP contribution is 2.28. The summed E-state index contributed by atoms with van der Waals surface area (Å²) in [5.74, 6) is 1.33. The molecule has 27 heavy (non-hydrogen) atoms. The maximum atomic E-state index is 13.4. The topological polar surface area (TPSA) is 37.2 Å². The van der Waals surface area contributed by atoms with E-state index in [4.69, 9.17) is 0 Å². The second-order valence-electron chi connectivity index (χ2n) is 7.76. The first-order chi connectivity index (χ1) is 13.3. The van der Waals surface area contributed by atoms with E-state index in [1.807, 2.05) is 30.6 Å². The van der Waals surface area contributed by atoms with Crippen molar-refractivity contribution in [3.05, 3.63) is 54.7 Å². The van der Waals surface area contributed by atoms with Gasteiger partial charge < -0.3 is 9.47 Å². The van der Waals surface area contributed by atoms with Gasteiger partial charge in [0, 0.05) is 68.3 Å². The molecule has 140 valence electrons. The molecule has 5 rings (SSSR count). The van der Waals surface area contributed by atoms with Crippen LogP contribution in [0.1, 0.15) is 12.8 Å². The van der Waals surface area contributed by atoms with Crippen molar-refractivity contribution in [2.45, 2.75) is 25.4 Å². The summed E-state index contributed by atoms with van der Waals surface area (Å²) in [6, 6.07) is 9.55. The van der Waals surface area contributed by atoms with Crippen LogP contribution in [-0.2, 0) is 6.54 Å². The fourth-order valence-electron chi connectivity index (χ4n) is 4.65. The molecular formula is C21H24FN5. The number of anilines is 1. The van der Waals surface area contributed by atoms with E-state index in [9.17, 15) is 4.39 Å². The number of halogens is 1. The smallest absolute Gasteiger partial charge is 0.225 e. The van der Waals surface area contributed by atoms with Crippen LogP contribution in [0, 0.1) is 11.7 Å². The minimum absolute atomic E-state index is 0.166. The van der Waals surface area contributed by atoms with Crippen molar-refractivity contribution in [3.63, 3.8) is 0 Å². The van der Waals surface area contributed by atoms with Crippen molar-refractivity contribution >= 4 is 16.9 Å². The Bertz CT molecular complexity index is 925. The largest absolute Gasteiger partial charge is 0.347 e. The summed E-state index contributed by atoms with van der Waals surface area (Å²) in [5, 5.41) is 0.986. The van der Waals surface area contributed by atoms with Crippen LogP contribution in [0.3, 0.4) is 0 Å². The van der Waals surface area contributed by atoms with Crippen LogP contribution < -0.4 is 4.90 Å². The van der Waals surface area contributed by atoms with Gasteiger partial charge in [-0.25, -0.2) is 14.4 Å². The third kappa shape index (κ3) is 3.30. The lowest BCUT2D eigenvalue weighted by molar-refractivity contribution is 0.0888. The highest BCUT2D eigenvalue weighted by Gasteiger charge is 2.33. The molecule has 0 N–H and O–H groups in total. The third-order valence-corrected chi connectivity index (χ3v) is 6.03. The van der Waals surface area contributed by atoms with Crippen molar-refractivity contribution < 1.29 is 4.39 Å². The van der Waals surface area contributed by atoms with Gasteiger partial charge in [0.05, 0.1) is 0 Å². The molecule has 2 fully saturated rings. The van der Waals surface area contributed by atoms with E-state index in [0.717, 1.165) is 49.6 Å². The van der Waals surface area contributed by atoms with Gasteiger partial charge in [0.25, 0.3) is 0 Å². The first-order valence-corrected chi connectivity index (χ1v) is 9.77. The van der Waals surface area contributed by atoms with Gasteiger partial charge in [0.15, 0.2) is 0 Å². The van der Waals surface area contributed by atoms with Crippen molar-refractivity contribution in [2.75, 3.05) is 31.1 Å². The molecule has 2 aromatic heterocycles. The summed E-state index contributed by atoms with van der Waals surface area (Å²) in [5.41, 5.74) is 1.13. The van der Waals surface area contributed by atoms with Gasteiger partial charge >= 0.3 is 0 Å². The number of benzene rings is 1. The summed E-state index contributed by atoms with van der Waals surface area (Å²) in [6.07, 6.45) is 8.17. The standard InChI is InChI=1S/C21H24FN5/c22-18-3-5-20-17(12-18)6-9-26(20)14-16-2-4-19-15-27(11-10-25(19)13-16)21-23-7-1-8-24-21/h1,3,5-9,12,16,19H,2,4,10-11,13-15H2. The van der Waals surface area contributed by atoms with E-state index in [0.29, 0.717) is 12.0 Å². The molecule has 0 aliphatic carbocycles. The number of hydrogen-bond donors (Lipinski definition) is 0. The van der Waals surface area contributed by atoms with Gasteiger partial charge in [-0.1, -0.05) is 0 Å². The molecule has 6 heteroatoms. The molecule has 2 aliphatic rings. The van der Waals surface area contributed by atoms with Crippen LogP contribution in [0.25, 0.3) is 10.9 Å². The van der Waals surface area contributed by atoms with Gasteiger partial charge in [-0.05, 0) is 49.1 Å². The van der Waals surface area contributed by atoms with E-state index in [2.05, 4.69) is 30.5 Å². The maximum absolute atomic E-state index is 13.4. The number of fused-ring (bicyclic) bond motifs is 2. The van der Waals surface area contributed by atoms with E-state index in [1.165, 1.54) is 12.8 Å². The van der Waals surface area contributed by atoms with Crippen LogP contribution in [0.4, 0.5) is 10.3 Å². The number of nitrogens with zero attached hydrogens (tertiary/aromatic N) is 5. The molecule has 2 saturated heterocycles. The molecule has 4 heterocycles. The summed E-state index contributed by atoms with van der Waals surface area (Å²) in [6.45, 7) is 5.21. The van der Waals surface area contributed by atoms with Gasteiger partial charge in [-0.2, -0.15) is 0 Å². The molecule has 5 nitrogen and oxygen atoms in total. The lowest BCUT2D eigenvalue weighted by Gasteiger charge is -2.46. The van der Waals surface area contributed by atoms with Crippen molar-refractivity contribution in [3.8, 4) is 0 Å². The third-order valence-electron chi connectivity index (χ3n) is 6.03. The Kier molecular flexibility index (Phi) is 4.28. The SMILES string of the molecule is Fc1ccc2c(ccn2CC2CCC3CN(c4ncccn4)CCN3C2)c1. The minimum atomic E-state index is -0.166. The molecule has 1 aromatic carbocycles. The first-order valence-electron chi connectivity index (χ1n) is 9.77. The molecule has 0 bridgehead atoms. The zero-order valence-corrected chi connectivity index (χ0v) is 15.3. The highest BCUT2D eigenvalue weighted by molar-refractivity contribution is 5.80. The van der Waals surface area contributed by atoms with Crippen LogP contribution in [0.2, 0.25) is 0 Å². The molecule has 2 unspecified atom stereocenters. The molecule has 2 aliphatic heterocycles. The monoisotopic (exact) mass is 365 g/mol. The van der Waals surface area contributed by atoms with E-state index in [1.54, 1.807) is 12.1 Å². The normalized spacial score (nSPS) is 23.5. The molecule has 0 radical (unpaired) electrons. The number of hydrogen-bond acceptors (Lipinski definition) is 4. The van der Waals surface area contributed by atoms with Gasteiger partial charge in [-0.15, -0.1) is 0 Å². The van der Waals surface area contributed by atoms with Crippen molar-refractivity contribution in [1.82, 2.24) is 19.4 Å². The average Bonchev–Trinajstić information content (AvgIpc) is 3.10. The Labute approximate surface area is 158 Å². The maximum Gasteiger partial charge on any atom is 0.225 e. The molecular weight excluding hydrogens is 341 g/mol. The van der Waals surface area contributed by atoms with E-state index >= 15 is 0 Å². The Hall–Kier alpha value is -2.47. The predicted molar refractivity (Wildman–Crippen MR) is 104 cm³/mol. The second-order valence-corrected chi connectivity index (χ2v) is 7.76. The molecule has 2 atom stereocenters. The Morgan fingerprint density at radius 2 is 1.93 bits per heavy atom. The Morgan fingerprint density at radius 3 is 2.81 bits per heavy atom. The highest BCUT2D eigenvalue weighted by atomic mass is 19.1. The average molecular weight is 365 g/mol. The van der Waals surface area contributed by atoms with Crippen molar-refractivity contribution in [1.29, 1.82) is 0 Å². The molecule has 3 aromatic rings. The van der Waals surface area contributed by atoms with Crippen LogP contribution in [0.5, 0.6) is 0 Å². The van der Waals surface area contributed by atoms with Gasteiger partial charge in [0.2, 0.25) is 5.95 Å². The van der Waals surface area contributed by atoms with Crippen LogP contribution >= 0.6 is 0 Å². The number of aromatic nitrogens is 3. The summed E-state index contributed by atoms with van der Waals surface area (Å²) in [4.78, 5) is 13.8. The molecule has 0 amide bonds. The quantitative estimate of drug-likeness (QED) is 0.714. The summed E-state index contributed by atoms with van der Waals surface area (Å²) < 4.78 is 15.7. The zero-order valence-electron chi connectivity index (χ0n) is 15.3. The molecule has 0 spiro atoms. The number of piperazine rings is 1.